The SMILES string of the molecule is CCN/C=C(\C=N)Cc1cc(N)nc(N)c1N. The Kier molecular flexibility index (Phi) is 4.33. The van der Waals surface area contributed by atoms with Crippen molar-refractivity contribution in [1.82, 2.24) is 10.3 Å². The fraction of sp³-hybridized carbons (Fsp3) is 0.273. The van der Waals surface area contributed by atoms with E-state index in [0.29, 0.717) is 17.9 Å². The molecular formula is C11H18N6. The van der Waals surface area contributed by atoms with Gasteiger partial charge in [-0.05, 0) is 24.1 Å². The molecule has 1 aromatic rings. The molecule has 0 spiro atoms. The Bertz CT molecular complexity index is 438. The molecule has 0 bridgehead atoms. The molecule has 0 aromatic carbocycles. The van der Waals surface area contributed by atoms with Crippen molar-refractivity contribution in [1.29, 1.82) is 5.41 Å². The minimum absolute atomic E-state index is 0.229. The maximum atomic E-state index is 7.31. The number of nitrogens with zero attached hydrogens (tertiary/aromatic N) is 1. The van der Waals surface area contributed by atoms with Gasteiger partial charge in [-0.2, -0.15) is 0 Å². The van der Waals surface area contributed by atoms with Gasteiger partial charge in [-0.15, -0.1) is 0 Å². The second kappa shape index (κ2) is 5.74. The Labute approximate surface area is 100 Å². The summed E-state index contributed by atoms with van der Waals surface area (Å²) >= 11 is 0. The van der Waals surface area contributed by atoms with E-state index in [0.717, 1.165) is 17.7 Å². The molecule has 0 aliphatic rings. The third kappa shape index (κ3) is 3.37. The molecule has 0 amide bonds. The topological polar surface area (TPSA) is 127 Å². The zero-order valence-corrected chi connectivity index (χ0v) is 9.83. The molecule has 6 nitrogen and oxygen atoms in total. The van der Waals surface area contributed by atoms with Gasteiger partial charge in [0.1, 0.15) is 11.6 Å². The fourth-order valence-corrected chi connectivity index (χ4v) is 1.40. The van der Waals surface area contributed by atoms with Crippen molar-refractivity contribution in [2.24, 2.45) is 0 Å². The zero-order chi connectivity index (χ0) is 12.8. The number of hydrogen-bond donors (Lipinski definition) is 5. The lowest BCUT2D eigenvalue weighted by Crippen LogP contribution is -2.09. The number of hydrogen-bond acceptors (Lipinski definition) is 6. The number of anilines is 3. The van der Waals surface area contributed by atoms with E-state index in [1.54, 1.807) is 12.3 Å². The van der Waals surface area contributed by atoms with Crippen LogP contribution in [0.4, 0.5) is 17.3 Å². The van der Waals surface area contributed by atoms with Crippen molar-refractivity contribution >= 4 is 23.5 Å². The van der Waals surface area contributed by atoms with Gasteiger partial charge < -0.3 is 27.9 Å². The summed E-state index contributed by atoms with van der Waals surface area (Å²) in [4.78, 5) is 3.87. The second-order valence-electron chi connectivity index (χ2n) is 3.60. The number of nitrogen functional groups attached to an aromatic ring is 3. The van der Waals surface area contributed by atoms with E-state index in [4.69, 9.17) is 22.6 Å². The quantitative estimate of drug-likeness (QED) is 0.474. The first kappa shape index (κ1) is 12.8. The highest BCUT2D eigenvalue weighted by atomic mass is 14.9. The summed E-state index contributed by atoms with van der Waals surface area (Å²) < 4.78 is 0. The van der Waals surface area contributed by atoms with Crippen molar-refractivity contribution in [2.45, 2.75) is 13.3 Å². The minimum atomic E-state index is 0.229. The molecule has 0 unspecified atom stereocenters. The molecule has 17 heavy (non-hydrogen) atoms. The van der Waals surface area contributed by atoms with Gasteiger partial charge in [0.2, 0.25) is 0 Å². The van der Waals surface area contributed by atoms with Crippen LogP contribution in [0.25, 0.3) is 0 Å². The molecule has 6 heteroatoms. The number of rotatable bonds is 5. The number of nitrogens with one attached hydrogen (secondary N) is 2. The van der Waals surface area contributed by atoms with Crippen molar-refractivity contribution in [2.75, 3.05) is 23.7 Å². The van der Waals surface area contributed by atoms with Gasteiger partial charge >= 0.3 is 0 Å². The Morgan fingerprint density at radius 2 is 2.18 bits per heavy atom. The molecule has 0 fully saturated rings. The number of aromatic nitrogens is 1. The molecule has 8 N–H and O–H groups in total. The van der Waals surface area contributed by atoms with Crippen molar-refractivity contribution in [3.63, 3.8) is 0 Å². The standard InChI is InChI=1S/C11H18N6/c1-2-16-6-7(5-12)3-8-4-9(13)17-11(15)10(8)14/h4-6,12,16H,2-3,14H2,1H3,(H4,13,15,17)/b7-6-,12-5?. The van der Waals surface area contributed by atoms with Gasteiger partial charge in [-0.1, -0.05) is 0 Å². The summed E-state index contributed by atoms with van der Waals surface area (Å²) in [5.41, 5.74) is 19.0. The Hall–Kier alpha value is -2.24. The molecule has 0 aliphatic heterocycles. The van der Waals surface area contributed by atoms with Gasteiger partial charge in [0.25, 0.3) is 0 Å². The van der Waals surface area contributed by atoms with Crippen LogP contribution in [0, 0.1) is 5.41 Å². The van der Waals surface area contributed by atoms with E-state index in [2.05, 4.69) is 10.3 Å². The summed E-state index contributed by atoms with van der Waals surface area (Å²) in [6.45, 7) is 2.78. The molecule has 0 saturated heterocycles. The fourth-order valence-electron chi connectivity index (χ4n) is 1.40. The monoisotopic (exact) mass is 234 g/mol. The maximum absolute atomic E-state index is 7.31. The van der Waals surface area contributed by atoms with E-state index in [1.807, 2.05) is 6.92 Å². The van der Waals surface area contributed by atoms with Crippen LogP contribution < -0.4 is 22.5 Å². The van der Waals surface area contributed by atoms with Crippen LogP contribution in [0.5, 0.6) is 0 Å². The lowest BCUT2D eigenvalue weighted by molar-refractivity contribution is 0.908. The average Bonchev–Trinajstić information content (AvgIpc) is 2.30. The molecule has 0 saturated carbocycles. The van der Waals surface area contributed by atoms with Gasteiger partial charge in [-0.25, -0.2) is 4.98 Å². The lowest BCUT2D eigenvalue weighted by atomic mass is 10.1. The smallest absolute Gasteiger partial charge is 0.149 e. The highest BCUT2D eigenvalue weighted by molar-refractivity contribution is 5.78. The number of pyridine rings is 1. The van der Waals surface area contributed by atoms with Crippen LogP contribution >= 0.6 is 0 Å². The van der Waals surface area contributed by atoms with E-state index in [-0.39, 0.29) is 5.82 Å². The zero-order valence-electron chi connectivity index (χ0n) is 9.83. The largest absolute Gasteiger partial charge is 0.396 e. The van der Waals surface area contributed by atoms with Crippen LogP contribution in [0.1, 0.15) is 12.5 Å². The lowest BCUT2D eigenvalue weighted by Gasteiger charge is -2.09. The highest BCUT2D eigenvalue weighted by Crippen LogP contribution is 2.22. The summed E-state index contributed by atoms with van der Waals surface area (Å²) in [6.07, 6.45) is 3.55. The van der Waals surface area contributed by atoms with E-state index in [1.165, 1.54) is 6.21 Å². The third-order valence-electron chi connectivity index (χ3n) is 2.27. The second-order valence-corrected chi connectivity index (χ2v) is 3.60. The van der Waals surface area contributed by atoms with E-state index < -0.39 is 0 Å². The number of allylic oxidation sites excluding steroid dienone is 1. The predicted octanol–water partition coefficient (Wildman–Crippen LogP) is 0.514. The Balaban J connectivity index is 2.97. The molecule has 1 aromatic heterocycles. The molecule has 92 valence electrons. The van der Waals surface area contributed by atoms with Crippen molar-refractivity contribution < 1.29 is 0 Å². The van der Waals surface area contributed by atoms with Gasteiger partial charge in [0, 0.05) is 25.4 Å². The summed E-state index contributed by atoms with van der Waals surface area (Å²) in [6, 6.07) is 1.68. The van der Waals surface area contributed by atoms with Crippen molar-refractivity contribution in [3.05, 3.63) is 23.4 Å². The van der Waals surface area contributed by atoms with Crippen LogP contribution in [0.3, 0.4) is 0 Å². The first-order chi connectivity index (χ1) is 8.08. The maximum Gasteiger partial charge on any atom is 0.149 e. The van der Waals surface area contributed by atoms with Crippen LogP contribution in [0.15, 0.2) is 17.8 Å². The predicted molar refractivity (Wildman–Crippen MR) is 71.7 cm³/mol. The molecule has 0 aliphatic carbocycles. The Morgan fingerprint density at radius 3 is 2.76 bits per heavy atom. The third-order valence-corrected chi connectivity index (χ3v) is 2.27. The molecular weight excluding hydrogens is 216 g/mol. The van der Waals surface area contributed by atoms with Gasteiger partial charge in [-0.3, -0.25) is 0 Å². The first-order valence-electron chi connectivity index (χ1n) is 5.31. The summed E-state index contributed by atoms with van der Waals surface area (Å²) in [5, 5.41) is 10.3. The number of nitrogens with two attached hydrogens (primary N) is 3. The molecule has 1 rings (SSSR count). The summed E-state index contributed by atoms with van der Waals surface area (Å²) in [7, 11) is 0. The molecule has 0 radical (unpaired) electrons. The van der Waals surface area contributed by atoms with E-state index >= 15 is 0 Å². The van der Waals surface area contributed by atoms with Crippen molar-refractivity contribution in [3.8, 4) is 0 Å². The Morgan fingerprint density at radius 1 is 1.47 bits per heavy atom. The highest BCUT2D eigenvalue weighted by Gasteiger charge is 2.07. The van der Waals surface area contributed by atoms with Gasteiger partial charge in [0.15, 0.2) is 0 Å². The molecule has 1 heterocycles. The van der Waals surface area contributed by atoms with Crippen LogP contribution in [-0.4, -0.2) is 17.7 Å². The van der Waals surface area contributed by atoms with Crippen LogP contribution in [-0.2, 0) is 6.42 Å². The van der Waals surface area contributed by atoms with Gasteiger partial charge in [0.05, 0.1) is 5.69 Å². The average molecular weight is 234 g/mol. The molecule has 0 atom stereocenters. The van der Waals surface area contributed by atoms with Crippen LogP contribution in [0.2, 0.25) is 0 Å². The minimum Gasteiger partial charge on any atom is -0.396 e. The van der Waals surface area contributed by atoms with E-state index in [9.17, 15) is 0 Å². The normalized spacial score (nSPS) is 11.2. The first-order valence-corrected chi connectivity index (χ1v) is 5.31. The summed E-state index contributed by atoms with van der Waals surface area (Å²) in [5.74, 6) is 0.562.